The first kappa shape index (κ1) is 14.2. The standard InChI is InChI=1S/C14H19N5O/c1-8(2)11-6-5-9(3)12(7-11)17-19-14-15-13(20)10(4)16-18-14/h5,11H,1,6-7H2,2-4H3,(H2,15,18,19,20)/t11-/m0/s1. The molecule has 0 unspecified atom stereocenters. The minimum atomic E-state index is -0.265. The molecule has 1 aromatic rings. The quantitative estimate of drug-likeness (QED) is 0.653. The maximum atomic E-state index is 11.4. The normalized spacial score (nSPS) is 20.6. The molecule has 0 amide bonds. The Labute approximate surface area is 117 Å². The predicted molar refractivity (Wildman–Crippen MR) is 79.7 cm³/mol. The third kappa shape index (κ3) is 3.20. The predicted octanol–water partition coefficient (Wildman–Crippen LogP) is 2.17. The molecule has 1 atom stereocenters. The highest BCUT2D eigenvalue weighted by Gasteiger charge is 2.18. The molecule has 2 rings (SSSR count). The first-order valence-corrected chi connectivity index (χ1v) is 6.56. The van der Waals surface area contributed by atoms with Gasteiger partial charge in [-0.1, -0.05) is 18.2 Å². The molecule has 0 saturated carbocycles. The van der Waals surface area contributed by atoms with Gasteiger partial charge >= 0.3 is 0 Å². The van der Waals surface area contributed by atoms with E-state index in [0.29, 0.717) is 11.6 Å². The van der Waals surface area contributed by atoms with Crippen molar-refractivity contribution in [2.75, 3.05) is 5.43 Å². The second kappa shape index (κ2) is 5.81. The summed E-state index contributed by atoms with van der Waals surface area (Å²) in [6.45, 7) is 9.67. The Kier molecular flexibility index (Phi) is 4.12. The van der Waals surface area contributed by atoms with E-state index >= 15 is 0 Å². The molecule has 0 aromatic carbocycles. The number of H-pyrrole nitrogens is 1. The summed E-state index contributed by atoms with van der Waals surface area (Å²) < 4.78 is 0. The summed E-state index contributed by atoms with van der Waals surface area (Å²) in [4.78, 5) is 14.0. The van der Waals surface area contributed by atoms with Crippen LogP contribution in [0, 0.1) is 12.8 Å². The molecule has 1 aliphatic carbocycles. The third-order valence-corrected chi connectivity index (χ3v) is 3.46. The molecule has 0 radical (unpaired) electrons. The molecule has 0 spiro atoms. The van der Waals surface area contributed by atoms with Gasteiger partial charge in [0.25, 0.3) is 5.56 Å². The summed E-state index contributed by atoms with van der Waals surface area (Å²) in [7, 11) is 0. The molecule has 6 heteroatoms. The largest absolute Gasteiger partial charge is 0.288 e. The van der Waals surface area contributed by atoms with Crippen LogP contribution in [0.25, 0.3) is 0 Å². The average molecular weight is 273 g/mol. The van der Waals surface area contributed by atoms with Crippen molar-refractivity contribution >= 4 is 11.7 Å². The van der Waals surface area contributed by atoms with Crippen LogP contribution in [-0.4, -0.2) is 20.9 Å². The number of aryl methyl sites for hydroxylation is 1. The van der Waals surface area contributed by atoms with Gasteiger partial charge in [-0.2, -0.15) is 5.10 Å². The fourth-order valence-electron chi connectivity index (χ4n) is 1.99. The Morgan fingerprint density at radius 3 is 2.90 bits per heavy atom. The number of hydrazone groups is 1. The number of allylic oxidation sites excluding steroid dienone is 3. The molecule has 0 bridgehead atoms. The van der Waals surface area contributed by atoms with Crippen molar-refractivity contribution in [2.24, 2.45) is 11.0 Å². The van der Waals surface area contributed by atoms with E-state index in [-0.39, 0.29) is 11.5 Å². The molecular weight excluding hydrogens is 254 g/mol. The van der Waals surface area contributed by atoms with E-state index in [1.807, 2.05) is 13.8 Å². The Hall–Kier alpha value is -2.24. The van der Waals surface area contributed by atoms with Gasteiger partial charge in [-0.3, -0.25) is 9.78 Å². The number of anilines is 1. The molecule has 2 N–H and O–H groups in total. The number of hydrogen-bond acceptors (Lipinski definition) is 5. The van der Waals surface area contributed by atoms with Crippen molar-refractivity contribution < 1.29 is 0 Å². The van der Waals surface area contributed by atoms with Crippen molar-refractivity contribution in [2.45, 2.75) is 33.6 Å². The van der Waals surface area contributed by atoms with E-state index < -0.39 is 0 Å². The van der Waals surface area contributed by atoms with Crippen LogP contribution in [0.4, 0.5) is 5.95 Å². The van der Waals surface area contributed by atoms with Crippen molar-refractivity contribution in [1.82, 2.24) is 15.2 Å². The zero-order chi connectivity index (χ0) is 14.7. The molecule has 20 heavy (non-hydrogen) atoms. The van der Waals surface area contributed by atoms with Gasteiger partial charge in [-0.05, 0) is 45.1 Å². The number of rotatable bonds is 3. The van der Waals surface area contributed by atoms with Gasteiger partial charge in [0.2, 0.25) is 5.95 Å². The number of aromatic amines is 1. The van der Waals surface area contributed by atoms with Gasteiger partial charge in [0.1, 0.15) is 5.69 Å². The smallest absolute Gasteiger partial charge is 0.274 e. The fourth-order valence-corrected chi connectivity index (χ4v) is 1.99. The molecule has 0 saturated heterocycles. The van der Waals surface area contributed by atoms with Gasteiger partial charge in [-0.15, -0.1) is 10.2 Å². The van der Waals surface area contributed by atoms with Gasteiger partial charge in [0.15, 0.2) is 0 Å². The van der Waals surface area contributed by atoms with E-state index in [1.54, 1.807) is 6.92 Å². The fraction of sp³-hybridized carbons (Fsp3) is 0.429. The van der Waals surface area contributed by atoms with Crippen LogP contribution >= 0.6 is 0 Å². The van der Waals surface area contributed by atoms with E-state index in [0.717, 1.165) is 29.7 Å². The van der Waals surface area contributed by atoms with Crippen molar-refractivity contribution in [3.8, 4) is 0 Å². The van der Waals surface area contributed by atoms with Crippen molar-refractivity contribution in [1.29, 1.82) is 0 Å². The van der Waals surface area contributed by atoms with Crippen LogP contribution in [0.5, 0.6) is 0 Å². The summed E-state index contributed by atoms with van der Waals surface area (Å²) >= 11 is 0. The average Bonchev–Trinajstić information content (AvgIpc) is 2.41. The third-order valence-electron chi connectivity index (χ3n) is 3.46. The monoisotopic (exact) mass is 273 g/mol. The molecule has 1 heterocycles. The Morgan fingerprint density at radius 2 is 2.25 bits per heavy atom. The molecular formula is C14H19N5O. The number of nitrogens with zero attached hydrogens (tertiary/aromatic N) is 3. The second-order valence-electron chi connectivity index (χ2n) is 5.13. The zero-order valence-corrected chi connectivity index (χ0v) is 12.0. The van der Waals surface area contributed by atoms with Crippen LogP contribution in [0.3, 0.4) is 0 Å². The second-order valence-corrected chi connectivity index (χ2v) is 5.13. The van der Waals surface area contributed by atoms with Gasteiger partial charge < -0.3 is 0 Å². The maximum Gasteiger partial charge on any atom is 0.274 e. The summed E-state index contributed by atoms with van der Waals surface area (Å²) in [5.74, 6) is 0.667. The molecule has 1 aliphatic rings. The summed E-state index contributed by atoms with van der Waals surface area (Å²) in [6, 6.07) is 0. The molecule has 0 fully saturated rings. The highest BCUT2D eigenvalue weighted by molar-refractivity contribution is 6.01. The van der Waals surface area contributed by atoms with Crippen LogP contribution in [0.15, 0.2) is 33.7 Å². The SMILES string of the molecule is C=C(C)[C@H]1CC=C(C)C(=NNc2nnc(C)c(=O)[nH]2)C1. The van der Waals surface area contributed by atoms with Gasteiger partial charge in [-0.25, -0.2) is 5.43 Å². The van der Waals surface area contributed by atoms with Gasteiger partial charge in [0, 0.05) is 0 Å². The summed E-state index contributed by atoms with van der Waals surface area (Å²) in [5, 5.41) is 11.9. The van der Waals surface area contributed by atoms with E-state index in [9.17, 15) is 4.79 Å². The highest BCUT2D eigenvalue weighted by Crippen LogP contribution is 2.26. The van der Waals surface area contributed by atoms with Gasteiger partial charge in [0.05, 0.1) is 5.71 Å². The highest BCUT2D eigenvalue weighted by atomic mass is 16.1. The van der Waals surface area contributed by atoms with E-state index in [1.165, 1.54) is 0 Å². The minimum absolute atomic E-state index is 0.248. The Bertz CT molecular complexity index is 641. The van der Waals surface area contributed by atoms with Crippen molar-refractivity contribution in [3.05, 3.63) is 39.8 Å². The number of nitrogens with one attached hydrogen (secondary N) is 2. The lowest BCUT2D eigenvalue weighted by molar-refractivity contribution is 0.639. The zero-order valence-electron chi connectivity index (χ0n) is 12.0. The first-order valence-electron chi connectivity index (χ1n) is 6.56. The topological polar surface area (TPSA) is 83.0 Å². The molecule has 1 aromatic heterocycles. The Morgan fingerprint density at radius 1 is 1.50 bits per heavy atom. The lowest BCUT2D eigenvalue weighted by Gasteiger charge is -2.22. The minimum Gasteiger partial charge on any atom is -0.288 e. The lowest BCUT2D eigenvalue weighted by Crippen LogP contribution is -2.19. The lowest BCUT2D eigenvalue weighted by atomic mass is 9.85. The van der Waals surface area contributed by atoms with Crippen LogP contribution in [-0.2, 0) is 0 Å². The van der Waals surface area contributed by atoms with Crippen molar-refractivity contribution in [3.63, 3.8) is 0 Å². The van der Waals surface area contributed by atoms with Crippen LogP contribution in [0.2, 0.25) is 0 Å². The molecule has 0 aliphatic heterocycles. The van der Waals surface area contributed by atoms with E-state index in [2.05, 4.69) is 38.4 Å². The molecule has 6 nitrogen and oxygen atoms in total. The van der Waals surface area contributed by atoms with Crippen LogP contribution < -0.4 is 11.0 Å². The summed E-state index contributed by atoms with van der Waals surface area (Å²) in [5.41, 5.74) is 6.07. The number of hydrogen-bond donors (Lipinski definition) is 2. The maximum absolute atomic E-state index is 11.4. The summed E-state index contributed by atoms with van der Waals surface area (Å²) in [6.07, 6.45) is 4.00. The Balaban J connectivity index is 2.15. The van der Waals surface area contributed by atoms with Crippen LogP contribution in [0.1, 0.15) is 32.4 Å². The first-order chi connectivity index (χ1) is 9.47. The van der Waals surface area contributed by atoms with E-state index in [4.69, 9.17) is 0 Å². The number of aromatic nitrogens is 3. The molecule has 106 valence electrons.